The van der Waals surface area contributed by atoms with Crippen LogP contribution in [0.15, 0.2) is 28.4 Å². The van der Waals surface area contributed by atoms with E-state index in [-0.39, 0.29) is 11.5 Å². The first-order chi connectivity index (χ1) is 12.0. The average molecular weight is 473 g/mol. The highest BCUT2D eigenvalue weighted by atomic mass is 127. The number of halogens is 2. The largest absolute Gasteiger partial charge is 0.508 e. The predicted molar refractivity (Wildman–Crippen MR) is 110 cm³/mol. The lowest BCUT2D eigenvalue weighted by atomic mass is 9.49. The Kier molecular flexibility index (Phi) is 4.87. The van der Waals surface area contributed by atoms with Crippen molar-refractivity contribution in [3.05, 3.63) is 39.5 Å². The molecule has 1 aromatic rings. The van der Waals surface area contributed by atoms with Crippen molar-refractivity contribution in [3.63, 3.8) is 0 Å². The third kappa shape index (κ3) is 2.76. The minimum atomic E-state index is -0.199. The molecule has 0 heterocycles. The van der Waals surface area contributed by atoms with Crippen molar-refractivity contribution in [2.75, 3.05) is 5.88 Å². The Morgan fingerprint density at radius 2 is 2.16 bits per heavy atom. The van der Waals surface area contributed by atoms with Gasteiger partial charge in [-0.05, 0) is 88.0 Å². The summed E-state index contributed by atoms with van der Waals surface area (Å²) in [5, 5.41) is 20.7. The molecule has 0 aromatic heterocycles. The maximum absolute atomic E-state index is 10.7. The van der Waals surface area contributed by atoms with Crippen LogP contribution in [0, 0.1) is 29.1 Å². The first kappa shape index (κ1) is 18.1. The van der Waals surface area contributed by atoms with Gasteiger partial charge in [0.15, 0.2) is 0 Å². The highest BCUT2D eigenvalue weighted by molar-refractivity contribution is 14.1. The fourth-order valence-corrected chi connectivity index (χ4v) is 7.20. The van der Waals surface area contributed by atoms with Crippen LogP contribution in [0.2, 0.25) is 0 Å². The van der Waals surface area contributed by atoms with Crippen molar-refractivity contribution >= 4 is 34.2 Å². The van der Waals surface area contributed by atoms with Gasteiger partial charge in [-0.1, -0.05) is 41.7 Å². The lowest BCUT2D eigenvalue weighted by molar-refractivity contribution is -0.0530. The Balaban J connectivity index is 1.85. The van der Waals surface area contributed by atoms with Crippen LogP contribution < -0.4 is 0 Å². The molecule has 1 aromatic carbocycles. The first-order valence-electron chi connectivity index (χ1n) is 9.32. The van der Waals surface area contributed by atoms with Crippen LogP contribution >= 0.6 is 34.2 Å². The molecule has 0 saturated heterocycles. The summed E-state index contributed by atoms with van der Waals surface area (Å²) in [7, 11) is 0. The smallest absolute Gasteiger partial charge is 0.115 e. The van der Waals surface area contributed by atoms with E-state index >= 15 is 0 Å². The van der Waals surface area contributed by atoms with Crippen molar-refractivity contribution in [3.8, 4) is 5.75 Å². The van der Waals surface area contributed by atoms with Gasteiger partial charge in [0.25, 0.3) is 0 Å². The average Bonchev–Trinajstić information content (AvgIpc) is 2.89. The lowest BCUT2D eigenvalue weighted by Gasteiger charge is -2.55. The molecule has 2 nitrogen and oxygen atoms in total. The summed E-state index contributed by atoms with van der Waals surface area (Å²) in [5.74, 6) is 3.34. The highest BCUT2D eigenvalue weighted by Gasteiger charge is 2.59. The normalized spacial score (nSPS) is 42.9. The molecule has 2 fully saturated rings. The number of phenols is 1. The molecule has 0 bridgehead atoms. The van der Waals surface area contributed by atoms with Crippen LogP contribution in [0.5, 0.6) is 5.75 Å². The number of phenolic OH excluding ortho intramolecular Hbond substituents is 1. The molecule has 0 aliphatic heterocycles. The van der Waals surface area contributed by atoms with E-state index in [0.29, 0.717) is 41.2 Å². The number of fused-ring (bicyclic) bond motifs is 5. The molecule has 136 valence electrons. The van der Waals surface area contributed by atoms with Crippen molar-refractivity contribution in [2.45, 2.75) is 44.6 Å². The minimum absolute atomic E-state index is 0.00743. The maximum Gasteiger partial charge on any atom is 0.115 e. The summed E-state index contributed by atoms with van der Waals surface area (Å²) in [6, 6.07) is 5.90. The van der Waals surface area contributed by atoms with Crippen molar-refractivity contribution < 1.29 is 10.2 Å². The first-order valence-corrected chi connectivity index (χ1v) is 11.1. The van der Waals surface area contributed by atoms with Gasteiger partial charge in [0, 0.05) is 5.88 Å². The Hall–Kier alpha value is -0.260. The van der Waals surface area contributed by atoms with E-state index in [9.17, 15) is 10.2 Å². The molecule has 3 aliphatic carbocycles. The minimum Gasteiger partial charge on any atom is -0.508 e. The second-order valence-electron chi connectivity index (χ2n) is 8.50. The molecule has 0 unspecified atom stereocenters. The Morgan fingerprint density at radius 1 is 1.36 bits per heavy atom. The zero-order valence-corrected chi connectivity index (χ0v) is 17.5. The summed E-state index contributed by atoms with van der Waals surface area (Å²) in [4.78, 5) is 0. The maximum atomic E-state index is 10.7. The summed E-state index contributed by atoms with van der Waals surface area (Å²) in [5.41, 5.74) is 2.65. The lowest BCUT2D eigenvalue weighted by Crippen LogP contribution is -2.50. The van der Waals surface area contributed by atoms with E-state index in [1.807, 2.05) is 12.1 Å². The van der Waals surface area contributed by atoms with Gasteiger partial charge in [-0.15, -0.1) is 11.6 Å². The van der Waals surface area contributed by atoms with Gasteiger partial charge in [0.05, 0.1) is 6.10 Å². The molecule has 4 rings (SSSR count). The fraction of sp³-hybridized carbons (Fsp3) is 0.619. The molecular formula is C21H26ClIO2. The van der Waals surface area contributed by atoms with Gasteiger partial charge >= 0.3 is 0 Å². The van der Waals surface area contributed by atoms with Gasteiger partial charge < -0.3 is 10.2 Å². The summed E-state index contributed by atoms with van der Waals surface area (Å²) >= 11 is 8.79. The van der Waals surface area contributed by atoms with E-state index in [4.69, 9.17) is 11.6 Å². The van der Waals surface area contributed by atoms with Crippen molar-refractivity contribution in [2.24, 2.45) is 29.1 Å². The zero-order chi connectivity index (χ0) is 17.8. The van der Waals surface area contributed by atoms with Crippen LogP contribution in [0.25, 0.3) is 0 Å². The number of hydrogen-bond acceptors (Lipinski definition) is 2. The van der Waals surface area contributed by atoms with E-state index in [0.717, 1.165) is 25.7 Å². The molecule has 0 amide bonds. The number of allylic oxidation sites excluding steroid dienone is 1. The molecule has 0 radical (unpaired) electrons. The van der Waals surface area contributed by atoms with E-state index in [1.165, 1.54) is 11.1 Å². The number of aromatic hydroxyl groups is 1. The zero-order valence-electron chi connectivity index (χ0n) is 14.5. The fourth-order valence-electron chi connectivity index (χ4n) is 6.37. The van der Waals surface area contributed by atoms with Gasteiger partial charge in [0.1, 0.15) is 5.75 Å². The molecule has 4 heteroatoms. The van der Waals surface area contributed by atoms with Crippen molar-refractivity contribution in [1.29, 1.82) is 0 Å². The Morgan fingerprint density at radius 3 is 2.88 bits per heavy atom. The summed E-state index contributed by atoms with van der Waals surface area (Å²) < 4.78 is 2.14. The SMILES string of the molecule is C[C@]12C[C@H](CCl)[C@@H]3c4ccc(O)cc4C[C@@H](/C=C\I)[C@H]3[C@@H]1CC[C@@H]2O. The van der Waals surface area contributed by atoms with Crippen LogP contribution in [-0.2, 0) is 6.42 Å². The third-order valence-corrected chi connectivity index (χ3v) is 8.21. The molecule has 7 atom stereocenters. The topological polar surface area (TPSA) is 40.5 Å². The molecule has 3 aliphatic rings. The molecule has 2 saturated carbocycles. The molecular weight excluding hydrogens is 447 g/mol. The summed E-state index contributed by atoms with van der Waals surface area (Å²) in [6.45, 7) is 2.29. The van der Waals surface area contributed by atoms with Gasteiger partial charge in [-0.2, -0.15) is 0 Å². The number of alkyl halides is 1. The standard InChI is InChI=1S/C21H26ClIO2/c1-21-10-14(11-22)19-16-3-2-15(24)9-13(16)8-12(6-7-23)20(19)17(21)4-5-18(21)25/h2-3,6-7,9,12,14,17-20,24-25H,4-5,8,10-11H2,1H3/b7-6-/t12-,14-,17+,18+,19-,20+,21+/m1/s1. The molecule has 25 heavy (non-hydrogen) atoms. The third-order valence-electron chi connectivity index (χ3n) is 7.40. The number of hydrogen-bond donors (Lipinski definition) is 2. The summed E-state index contributed by atoms with van der Waals surface area (Å²) in [6.07, 6.45) is 6.16. The monoisotopic (exact) mass is 472 g/mol. The molecule has 2 N–H and O–H groups in total. The number of rotatable bonds is 2. The van der Waals surface area contributed by atoms with Crippen LogP contribution in [0.3, 0.4) is 0 Å². The quantitative estimate of drug-likeness (QED) is 0.456. The number of aliphatic hydroxyl groups is 1. The Labute approximate surface area is 168 Å². The second-order valence-corrected chi connectivity index (χ2v) is 9.52. The van der Waals surface area contributed by atoms with Gasteiger partial charge in [-0.25, -0.2) is 0 Å². The van der Waals surface area contributed by atoms with Crippen LogP contribution in [0.4, 0.5) is 0 Å². The van der Waals surface area contributed by atoms with E-state index < -0.39 is 0 Å². The van der Waals surface area contributed by atoms with Crippen molar-refractivity contribution in [1.82, 2.24) is 0 Å². The second kappa shape index (κ2) is 6.72. The highest BCUT2D eigenvalue weighted by Crippen LogP contribution is 2.64. The Bertz CT molecular complexity index is 690. The van der Waals surface area contributed by atoms with Crippen LogP contribution in [0.1, 0.15) is 43.2 Å². The van der Waals surface area contributed by atoms with Gasteiger partial charge in [-0.3, -0.25) is 0 Å². The van der Waals surface area contributed by atoms with E-state index in [2.05, 4.69) is 45.7 Å². The van der Waals surface area contributed by atoms with Gasteiger partial charge in [0.2, 0.25) is 0 Å². The van der Waals surface area contributed by atoms with E-state index in [1.54, 1.807) is 0 Å². The predicted octanol–water partition coefficient (Wildman–Crippen LogP) is 5.25. The number of aliphatic hydroxyl groups excluding tert-OH is 1. The molecule has 0 spiro atoms. The van der Waals surface area contributed by atoms with Crippen LogP contribution in [-0.4, -0.2) is 22.2 Å². The number of benzene rings is 1.